The third-order valence-corrected chi connectivity index (χ3v) is 5.46. The van der Waals surface area contributed by atoms with Crippen molar-refractivity contribution in [2.24, 2.45) is 0 Å². The molecule has 0 atom stereocenters. The van der Waals surface area contributed by atoms with Gasteiger partial charge in [0, 0.05) is 13.1 Å². The van der Waals surface area contributed by atoms with Crippen LogP contribution in [-0.2, 0) is 9.59 Å². The fourth-order valence-electron chi connectivity index (χ4n) is 3.22. The number of thioether (sulfide) groups is 1. The lowest BCUT2D eigenvalue weighted by Crippen LogP contribution is -2.40. The summed E-state index contributed by atoms with van der Waals surface area (Å²) >= 11 is 0.851. The van der Waals surface area contributed by atoms with Gasteiger partial charge in [0.25, 0.3) is 11.1 Å². The summed E-state index contributed by atoms with van der Waals surface area (Å²) < 4.78 is 11.4. The van der Waals surface area contributed by atoms with Gasteiger partial charge < -0.3 is 14.4 Å². The molecular formula is C21H26N2O5S. The van der Waals surface area contributed by atoms with E-state index in [0.29, 0.717) is 36.1 Å². The SMILES string of the molecule is CCOc1cc(/C=C2\SC(=O)N(CC(=O)N3CCCC3)C2=O)ccc1OC(C)C. The van der Waals surface area contributed by atoms with Crippen LogP contribution in [0.25, 0.3) is 6.08 Å². The minimum Gasteiger partial charge on any atom is -0.490 e. The van der Waals surface area contributed by atoms with Gasteiger partial charge in [-0.25, -0.2) is 0 Å². The normalized spacial score (nSPS) is 18.3. The first-order valence-electron chi connectivity index (χ1n) is 9.85. The van der Waals surface area contributed by atoms with E-state index in [2.05, 4.69) is 0 Å². The van der Waals surface area contributed by atoms with Crippen LogP contribution >= 0.6 is 11.8 Å². The van der Waals surface area contributed by atoms with Crippen molar-refractivity contribution in [3.8, 4) is 11.5 Å². The second-order valence-corrected chi connectivity index (χ2v) is 8.15. The van der Waals surface area contributed by atoms with Gasteiger partial charge in [-0.1, -0.05) is 6.07 Å². The third kappa shape index (κ3) is 5.12. The van der Waals surface area contributed by atoms with Crippen LogP contribution in [0.3, 0.4) is 0 Å². The Bertz CT molecular complexity index is 830. The molecule has 0 bridgehead atoms. The van der Waals surface area contributed by atoms with Crippen molar-refractivity contribution in [1.29, 1.82) is 0 Å². The maximum Gasteiger partial charge on any atom is 0.294 e. The first-order chi connectivity index (χ1) is 13.9. The van der Waals surface area contributed by atoms with E-state index in [-0.39, 0.29) is 18.6 Å². The molecule has 7 nitrogen and oxygen atoms in total. The molecule has 3 rings (SSSR count). The highest BCUT2D eigenvalue weighted by Crippen LogP contribution is 2.35. The van der Waals surface area contributed by atoms with Gasteiger partial charge in [-0.3, -0.25) is 19.3 Å². The molecule has 0 N–H and O–H groups in total. The molecular weight excluding hydrogens is 392 g/mol. The highest BCUT2D eigenvalue weighted by Gasteiger charge is 2.37. The van der Waals surface area contributed by atoms with Crippen LogP contribution in [-0.4, -0.2) is 59.2 Å². The molecule has 3 amide bonds. The van der Waals surface area contributed by atoms with Gasteiger partial charge >= 0.3 is 0 Å². The third-order valence-electron chi connectivity index (χ3n) is 4.55. The van der Waals surface area contributed by atoms with Gasteiger partial charge in [-0.2, -0.15) is 0 Å². The Morgan fingerprint density at radius 1 is 1.21 bits per heavy atom. The Kier molecular flexibility index (Phi) is 6.84. The number of likely N-dealkylation sites (tertiary alicyclic amines) is 1. The number of benzene rings is 1. The lowest BCUT2D eigenvalue weighted by atomic mass is 10.1. The minimum atomic E-state index is -0.437. The van der Waals surface area contributed by atoms with Crippen LogP contribution < -0.4 is 9.47 Å². The van der Waals surface area contributed by atoms with Gasteiger partial charge in [0.1, 0.15) is 6.54 Å². The predicted octanol–water partition coefficient (Wildman–Crippen LogP) is 3.53. The number of carbonyl (C=O) groups excluding carboxylic acids is 3. The predicted molar refractivity (Wildman–Crippen MR) is 112 cm³/mol. The molecule has 2 aliphatic rings. The summed E-state index contributed by atoms with van der Waals surface area (Å²) in [6.45, 7) is 7.41. The lowest BCUT2D eigenvalue weighted by molar-refractivity contribution is -0.135. The highest BCUT2D eigenvalue weighted by molar-refractivity contribution is 8.18. The van der Waals surface area contributed by atoms with E-state index in [4.69, 9.17) is 9.47 Å². The van der Waals surface area contributed by atoms with E-state index in [9.17, 15) is 14.4 Å². The summed E-state index contributed by atoms with van der Waals surface area (Å²) in [6.07, 6.45) is 3.58. The largest absolute Gasteiger partial charge is 0.490 e. The Morgan fingerprint density at radius 3 is 2.59 bits per heavy atom. The van der Waals surface area contributed by atoms with Gasteiger partial charge in [-0.05, 0) is 69.1 Å². The maximum absolute atomic E-state index is 12.7. The summed E-state index contributed by atoms with van der Waals surface area (Å²) in [5.41, 5.74) is 0.723. The van der Waals surface area contributed by atoms with Crippen molar-refractivity contribution in [3.05, 3.63) is 28.7 Å². The van der Waals surface area contributed by atoms with Crippen molar-refractivity contribution in [3.63, 3.8) is 0 Å². The zero-order valence-corrected chi connectivity index (χ0v) is 17.8. The molecule has 1 aromatic carbocycles. The zero-order valence-electron chi connectivity index (χ0n) is 17.0. The van der Waals surface area contributed by atoms with E-state index >= 15 is 0 Å². The number of hydrogen-bond acceptors (Lipinski definition) is 6. The zero-order chi connectivity index (χ0) is 21.0. The van der Waals surface area contributed by atoms with Gasteiger partial charge in [-0.15, -0.1) is 0 Å². The Labute approximate surface area is 175 Å². The summed E-state index contributed by atoms with van der Waals surface area (Å²) in [6, 6.07) is 5.38. The molecule has 0 unspecified atom stereocenters. The fourth-order valence-corrected chi connectivity index (χ4v) is 4.06. The second kappa shape index (κ2) is 9.35. The topological polar surface area (TPSA) is 76.2 Å². The summed E-state index contributed by atoms with van der Waals surface area (Å²) in [5, 5.41) is -0.418. The quantitative estimate of drug-likeness (QED) is 0.631. The Morgan fingerprint density at radius 2 is 1.93 bits per heavy atom. The molecule has 2 heterocycles. The Hall–Kier alpha value is -2.48. The number of carbonyl (C=O) groups is 3. The van der Waals surface area contributed by atoms with Crippen molar-refractivity contribution in [2.45, 2.75) is 39.7 Å². The second-order valence-electron chi connectivity index (χ2n) is 7.16. The molecule has 156 valence electrons. The van der Waals surface area contributed by atoms with Crippen LogP contribution in [0.5, 0.6) is 11.5 Å². The molecule has 0 radical (unpaired) electrons. The molecule has 29 heavy (non-hydrogen) atoms. The minimum absolute atomic E-state index is 0.00435. The molecule has 1 aromatic rings. The van der Waals surface area contributed by atoms with Crippen molar-refractivity contribution < 1.29 is 23.9 Å². The van der Waals surface area contributed by atoms with Crippen LogP contribution in [0.4, 0.5) is 4.79 Å². The lowest BCUT2D eigenvalue weighted by Gasteiger charge is -2.18. The van der Waals surface area contributed by atoms with Gasteiger partial charge in [0.15, 0.2) is 11.5 Å². The van der Waals surface area contributed by atoms with E-state index in [1.807, 2.05) is 26.8 Å². The molecule has 0 aliphatic carbocycles. The summed E-state index contributed by atoms with van der Waals surface area (Å²) in [4.78, 5) is 40.3. The fraction of sp³-hybridized carbons (Fsp3) is 0.476. The molecule has 2 aliphatic heterocycles. The number of rotatable bonds is 7. The van der Waals surface area contributed by atoms with Crippen molar-refractivity contribution in [2.75, 3.05) is 26.2 Å². The van der Waals surface area contributed by atoms with Crippen LogP contribution in [0.2, 0.25) is 0 Å². The molecule has 0 aromatic heterocycles. The number of ether oxygens (including phenoxy) is 2. The number of hydrogen-bond donors (Lipinski definition) is 0. The Balaban J connectivity index is 1.76. The van der Waals surface area contributed by atoms with Crippen molar-refractivity contribution >= 4 is 34.9 Å². The summed E-state index contributed by atoms with van der Waals surface area (Å²) in [5.74, 6) is 0.592. The molecule has 2 saturated heterocycles. The van der Waals surface area contributed by atoms with Crippen LogP contribution in [0, 0.1) is 0 Å². The number of imide groups is 1. The van der Waals surface area contributed by atoms with Gasteiger partial charge in [0.05, 0.1) is 17.6 Å². The average molecular weight is 419 g/mol. The smallest absolute Gasteiger partial charge is 0.294 e. The van der Waals surface area contributed by atoms with Crippen LogP contribution in [0.1, 0.15) is 39.2 Å². The number of amides is 3. The molecule has 0 saturated carbocycles. The average Bonchev–Trinajstić information content (AvgIpc) is 3.29. The maximum atomic E-state index is 12.7. The van der Waals surface area contributed by atoms with E-state index in [1.165, 1.54) is 0 Å². The summed E-state index contributed by atoms with van der Waals surface area (Å²) in [7, 11) is 0. The molecule has 8 heteroatoms. The molecule has 2 fully saturated rings. The number of nitrogens with zero attached hydrogens (tertiary/aromatic N) is 2. The monoisotopic (exact) mass is 418 g/mol. The van der Waals surface area contributed by atoms with Crippen LogP contribution in [0.15, 0.2) is 23.1 Å². The van der Waals surface area contributed by atoms with Crippen molar-refractivity contribution in [1.82, 2.24) is 9.80 Å². The molecule has 0 spiro atoms. The van der Waals surface area contributed by atoms with E-state index < -0.39 is 11.1 Å². The van der Waals surface area contributed by atoms with E-state index in [1.54, 1.807) is 23.1 Å². The standard InChI is InChI=1S/C21H26N2O5S/c1-4-27-17-11-15(7-8-16(17)28-14(2)3)12-18-20(25)23(21(26)29-18)13-19(24)22-9-5-6-10-22/h7-8,11-12,14H,4-6,9-10,13H2,1-3H3/b18-12-. The first-order valence-corrected chi connectivity index (χ1v) is 10.7. The van der Waals surface area contributed by atoms with E-state index in [0.717, 1.165) is 35.1 Å². The first kappa shape index (κ1) is 21.2. The van der Waals surface area contributed by atoms with Gasteiger partial charge in [0.2, 0.25) is 5.91 Å². The highest BCUT2D eigenvalue weighted by atomic mass is 32.2.